The largest absolute Gasteiger partial charge is 0.481 e. The van der Waals surface area contributed by atoms with Crippen LogP contribution in [-0.4, -0.2) is 16.0 Å². The van der Waals surface area contributed by atoms with Crippen molar-refractivity contribution in [1.29, 1.82) is 0 Å². The number of nitro groups is 1. The molecule has 0 atom stereocenters. The Morgan fingerprint density at radius 2 is 2.18 bits per heavy atom. The van der Waals surface area contributed by atoms with Crippen molar-refractivity contribution < 1.29 is 14.8 Å². The molecular formula is C12H13NO4. The Morgan fingerprint density at radius 1 is 1.53 bits per heavy atom. The SMILES string of the molecule is Cc1ccc([N+](=O)[O-])c(C2(CC(=O)O)CC2)c1. The average Bonchev–Trinajstić information content (AvgIpc) is 2.97. The minimum absolute atomic E-state index is 0.0305. The molecule has 0 spiro atoms. The average molecular weight is 235 g/mol. The molecule has 0 aliphatic heterocycles. The molecule has 2 rings (SSSR count). The Kier molecular flexibility index (Phi) is 2.61. The number of benzene rings is 1. The molecular weight excluding hydrogens is 222 g/mol. The van der Waals surface area contributed by atoms with Crippen LogP contribution in [0.1, 0.15) is 30.4 Å². The van der Waals surface area contributed by atoms with E-state index in [0.29, 0.717) is 18.4 Å². The van der Waals surface area contributed by atoms with Crippen LogP contribution >= 0.6 is 0 Å². The molecule has 1 aromatic rings. The van der Waals surface area contributed by atoms with Crippen molar-refractivity contribution >= 4 is 11.7 Å². The number of nitro benzene ring substituents is 1. The van der Waals surface area contributed by atoms with E-state index >= 15 is 0 Å². The topological polar surface area (TPSA) is 80.4 Å². The fraction of sp³-hybridized carbons (Fsp3) is 0.417. The number of nitrogens with zero attached hydrogens (tertiary/aromatic N) is 1. The fourth-order valence-corrected chi connectivity index (χ4v) is 2.22. The van der Waals surface area contributed by atoms with Crippen molar-refractivity contribution in [2.75, 3.05) is 0 Å². The van der Waals surface area contributed by atoms with E-state index in [0.717, 1.165) is 5.56 Å². The van der Waals surface area contributed by atoms with Gasteiger partial charge in [-0.1, -0.05) is 11.6 Å². The maximum absolute atomic E-state index is 11.0. The molecule has 0 heterocycles. The highest BCUT2D eigenvalue weighted by Gasteiger charge is 2.49. The van der Waals surface area contributed by atoms with E-state index in [-0.39, 0.29) is 12.1 Å². The summed E-state index contributed by atoms with van der Waals surface area (Å²) in [6.45, 7) is 1.85. The van der Waals surface area contributed by atoms with Crippen molar-refractivity contribution in [2.45, 2.75) is 31.6 Å². The second kappa shape index (κ2) is 3.84. The van der Waals surface area contributed by atoms with Gasteiger partial charge in [0.05, 0.1) is 11.3 Å². The Morgan fingerprint density at radius 3 is 2.65 bits per heavy atom. The molecule has 0 aromatic heterocycles. The Hall–Kier alpha value is -1.91. The zero-order chi connectivity index (χ0) is 12.6. The molecule has 1 saturated carbocycles. The Bertz CT molecular complexity index is 491. The van der Waals surface area contributed by atoms with Gasteiger partial charge >= 0.3 is 5.97 Å². The third kappa shape index (κ3) is 2.13. The van der Waals surface area contributed by atoms with Gasteiger partial charge < -0.3 is 5.11 Å². The highest BCUT2D eigenvalue weighted by Crippen LogP contribution is 2.53. The normalized spacial score (nSPS) is 16.5. The number of aliphatic carboxylic acids is 1. The Balaban J connectivity index is 2.47. The first kappa shape index (κ1) is 11.6. The van der Waals surface area contributed by atoms with Gasteiger partial charge in [-0.25, -0.2) is 0 Å². The van der Waals surface area contributed by atoms with Gasteiger partial charge in [0.15, 0.2) is 0 Å². The van der Waals surface area contributed by atoms with Gasteiger partial charge in [-0.3, -0.25) is 14.9 Å². The molecule has 1 N–H and O–H groups in total. The Labute approximate surface area is 98.2 Å². The number of carbonyl (C=O) groups is 1. The van der Waals surface area contributed by atoms with Gasteiger partial charge in [0.2, 0.25) is 0 Å². The first-order valence-corrected chi connectivity index (χ1v) is 5.42. The molecule has 5 nitrogen and oxygen atoms in total. The molecule has 1 aromatic carbocycles. The summed E-state index contributed by atoms with van der Waals surface area (Å²) in [5, 5.41) is 19.8. The van der Waals surface area contributed by atoms with Crippen molar-refractivity contribution in [3.8, 4) is 0 Å². The molecule has 17 heavy (non-hydrogen) atoms. The number of rotatable bonds is 4. The van der Waals surface area contributed by atoms with Gasteiger partial charge in [0.25, 0.3) is 5.69 Å². The van der Waals surface area contributed by atoms with Crippen LogP contribution in [0.4, 0.5) is 5.69 Å². The third-order valence-corrected chi connectivity index (χ3v) is 3.26. The van der Waals surface area contributed by atoms with E-state index in [1.165, 1.54) is 6.07 Å². The lowest BCUT2D eigenvalue weighted by atomic mass is 9.90. The first-order valence-electron chi connectivity index (χ1n) is 5.42. The van der Waals surface area contributed by atoms with Crippen molar-refractivity contribution in [1.82, 2.24) is 0 Å². The molecule has 0 saturated heterocycles. The highest BCUT2D eigenvalue weighted by atomic mass is 16.6. The number of carboxylic acid groups (broad SMARTS) is 1. The van der Waals surface area contributed by atoms with Crippen molar-refractivity contribution in [3.05, 3.63) is 39.4 Å². The standard InChI is InChI=1S/C12H13NO4/c1-8-2-3-10(13(16)17)9(6-8)12(4-5-12)7-11(14)15/h2-3,6H,4-5,7H2,1H3,(H,14,15). The van der Waals surface area contributed by atoms with E-state index in [1.54, 1.807) is 12.1 Å². The zero-order valence-corrected chi connectivity index (χ0v) is 9.47. The minimum atomic E-state index is -0.904. The lowest BCUT2D eigenvalue weighted by Crippen LogP contribution is -2.15. The number of carboxylic acids is 1. The summed E-state index contributed by atoms with van der Waals surface area (Å²) in [6.07, 6.45) is 1.39. The molecule has 1 aliphatic carbocycles. The molecule has 1 fully saturated rings. The summed E-state index contributed by atoms with van der Waals surface area (Å²) in [5.74, 6) is -0.904. The second-order valence-electron chi connectivity index (χ2n) is 4.63. The molecule has 0 amide bonds. The molecule has 1 aliphatic rings. The van der Waals surface area contributed by atoms with Crippen LogP contribution in [0, 0.1) is 17.0 Å². The van der Waals surface area contributed by atoms with E-state index in [1.807, 2.05) is 6.92 Å². The summed E-state index contributed by atoms with van der Waals surface area (Å²) in [6, 6.07) is 4.89. The predicted octanol–water partition coefficient (Wildman–Crippen LogP) is 2.41. The molecule has 0 bridgehead atoms. The van der Waals surface area contributed by atoms with Gasteiger partial charge in [0, 0.05) is 17.0 Å². The predicted molar refractivity (Wildman–Crippen MR) is 61.0 cm³/mol. The van der Waals surface area contributed by atoms with Crippen LogP contribution < -0.4 is 0 Å². The number of hydrogen-bond acceptors (Lipinski definition) is 3. The third-order valence-electron chi connectivity index (χ3n) is 3.26. The van der Waals surface area contributed by atoms with Crippen LogP contribution in [0.15, 0.2) is 18.2 Å². The van der Waals surface area contributed by atoms with Crippen molar-refractivity contribution in [2.24, 2.45) is 0 Å². The molecule has 90 valence electrons. The van der Waals surface area contributed by atoms with E-state index in [9.17, 15) is 14.9 Å². The van der Waals surface area contributed by atoms with Crippen LogP contribution in [0.5, 0.6) is 0 Å². The first-order chi connectivity index (χ1) is 7.94. The minimum Gasteiger partial charge on any atom is -0.481 e. The van der Waals surface area contributed by atoms with Gasteiger partial charge in [-0.05, 0) is 25.8 Å². The van der Waals surface area contributed by atoms with E-state index in [2.05, 4.69) is 0 Å². The lowest BCUT2D eigenvalue weighted by Gasteiger charge is -2.13. The van der Waals surface area contributed by atoms with Crippen LogP contribution in [0.25, 0.3) is 0 Å². The van der Waals surface area contributed by atoms with Crippen LogP contribution in [-0.2, 0) is 10.2 Å². The summed E-state index contributed by atoms with van der Waals surface area (Å²) >= 11 is 0. The van der Waals surface area contributed by atoms with E-state index < -0.39 is 16.3 Å². The monoisotopic (exact) mass is 235 g/mol. The van der Waals surface area contributed by atoms with Gasteiger partial charge in [-0.15, -0.1) is 0 Å². The summed E-state index contributed by atoms with van der Waals surface area (Å²) in [4.78, 5) is 21.3. The summed E-state index contributed by atoms with van der Waals surface area (Å²) < 4.78 is 0. The smallest absolute Gasteiger partial charge is 0.304 e. The molecule has 0 unspecified atom stereocenters. The number of hydrogen-bond donors (Lipinski definition) is 1. The lowest BCUT2D eigenvalue weighted by molar-refractivity contribution is -0.385. The summed E-state index contributed by atoms with van der Waals surface area (Å²) in [5.41, 5.74) is 1.02. The zero-order valence-electron chi connectivity index (χ0n) is 9.47. The van der Waals surface area contributed by atoms with E-state index in [4.69, 9.17) is 5.11 Å². The quantitative estimate of drug-likeness (QED) is 0.641. The van der Waals surface area contributed by atoms with Crippen molar-refractivity contribution in [3.63, 3.8) is 0 Å². The molecule has 0 radical (unpaired) electrons. The highest BCUT2D eigenvalue weighted by molar-refractivity contribution is 5.71. The fourth-order valence-electron chi connectivity index (χ4n) is 2.22. The van der Waals surface area contributed by atoms with Gasteiger partial charge in [0.1, 0.15) is 0 Å². The second-order valence-corrected chi connectivity index (χ2v) is 4.63. The number of aryl methyl sites for hydroxylation is 1. The van der Waals surface area contributed by atoms with Gasteiger partial charge in [-0.2, -0.15) is 0 Å². The van der Waals surface area contributed by atoms with Crippen LogP contribution in [0.2, 0.25) is 0 Å². The van der Waals surface area contributed by atoms with Crippen LogP contribution in [0.3, 0.4) is 0 Å². The molecule has 5 heteroatoms. The maximum atomic E-state index is 11.0. The summed E-state index contributed by atoms with van der Waals surface area (Å²) in [7, 11) is 0. The maximum Gasteiger partial charge on any atom is 0.304 e.